The normalized spacial score (nSPS) is 11.1. The van der Waals surface area contributed by atoms with Crippen LogP contribution in [0, 0.1) is 0 Å². The van der Waals surface area contributed by atoms with Gasteiger partial charge in [0.15, 0.2) is 0 Å². The number of carbonyl (C=O) groups is 1. The molecule has 9 nitrogen and oxygen atoms in total. The van der Waals surface area contributed by atoms with E-state index in [1.54, 1.807) is 29.2 Å². The Kier molecular flexibility index (Phi) is 6.71. The molecule has 0 aliphatic heterocycles. The third-order valence-corrected chi connectivity index (χ3v) is 6.04. The second kappa shape index (κ2) is 9.27. The van der Waals surface area contributed by atoms with Crippen LogP contribution in [-0.2, 0) is 16.6 Å². The Morgan fingerprint density at radius 2 is 1.77 bits per heavy atom. The molecule has 0 radical (unpaired) electrons. The molecule has 0 fully saturated rings. The monoisotopic (exact) mass is 465 g/mol. The Balaban J connectivity index is 1.87. The molecule has 2 aromatic carbocycles. The fourth-order valence-electron chi connectivity index (χ4n) is 2.86. The summed E-state index contributed by atoms with van der Waals surface area (Å²) in [5, 5.41) is 4.19. The average molecular weight is 466 g/mol. The zero-order valence-electron chi connectivity index (χ0n) is 17.0. The van der Waals surface area contributed by atoms with E-state index in [2.05, 4.69) is 5.10 Å². The number of hydrogen-bond donors (Lipinski definition) is 1. The van der Waals surface area contributed by atoms with Crippen LogP contribution in [0.2, 0.25) is 5.02 Å². The van der Waals surface area contributed by atoms with Gasteiger partial charge in [-0.15, -0.1) is 0 Å². The number of nitrogens with one attached hydrogen (secondary N) is 1. The van der Waals surface area contributed by atoms with Crippen molar-refractivity contribution in [1.82, 2.24) is 14.5 Å². The lowest BCUT2D eigenvalue weighted by Crippen LogP contribution is -2.31. The maximum atomic E-state index is 12.8. The van der Waals surface area contributed by atoms with Crippen LogP contribution in [0.5, 0.6) is 17.2 Å². The minimum atomic E-state index is -4.29. The molecule has 3 rings (SSSR count). The third kappa shape index (κ3) is 4.92. The van der Waals surface area contributed by atoms with Gasteiger partial charge in [0.2, 0.25) is 0 Å². The first-order valence-electron chi connectivity index (χ1n) is 8.92. The van der Waals surface area contributed by atoms with Crippen LogP contribution in [0.25, 0.3) is 0 Å². The minimum absolute atomic E-state index is 0.0197. The largest absolute Gasteiger partial charge is 0.496 e. The number of hydrogen-bond acceptors (Lipinski definition) is 7. The number of amides is 1. The molecule has 0 atom stereocenters. The van der Waals surface area contributed by atoms with Gasteiger partial charge in [-0.05, 0) is 24.3 Å². The van der Waals surface area contributed by atoms with Crippen molar-refractivity contribution < 1.29 is 27.4 Å². The second-order valence-corrected chi connectivity index (χ2v) is 8.36. The zero-order chi connectivity index (χ0) is 22.6. The molecule has 0 unspecified atom stereocenters. The minimum Gasteiger partial charge on any atom is -0.496 e. The third-order valence-electron chi connectivity index (χ3n) is 4.40. The summed E-state index contributed by atoms with van der Waals surface area (Å²) in [6.07, 6.45) is 3.44. The quantitative estimate of drug-likeness (QED) is 0.544. The number of halogens is 1. The van der Waals surface area contributed by atoms with Crippen molar-refractivity contribution in [1.29, 1.82) is 0 Å². The highest BCUT2D eigenvalue weighted by Crippen LogP contribution is 2.35. The lowest BCUT2D eigenvalue weighted by atomic mass is 10.1. The Labute approximate surface area is 184 Å². The van der Waals surface area contributed by atoms with Crippen molar-refractivity contribution in [3.05, 3.63) is 64.9 Å². The van der Waals surface area contributed by atoms with Gasteiger partial charge in [-0.3, -0.25) is 9.48 Å². The van der Waals surface area contributed by atoms with E-state index in [9.17, 15) is 13.2 Å². The van der Waals surface area contributed by atoms with Gasteiger partial charge in [0.1, 0.15) is 22.1 Å². The maximum absolute atomic E-state index is 12.8. The number of nitrogens with zero attached hydrogens (tertiary/aromatic N) is 2. The molecule has 1 aromatic heterocycles. The van der Waals surface area contributed by atoms with Gasteiger partial charge in [0.25, 0.3) is 15.9 Å². The Morgan fingerprint density at radius 3 is 2.39 bits per heavy atom. The predicted molar refractivity (Wildman–Crippen MR) is 114 cm³/mol. The molecule has 0 spiro atoms. The summed E-state index contributed by atoms with van der Waals surface area (Å²) >= 11 is 6.05. The van der Waals surface area contributed by atoms with E-state index in [4.69, 9.17) is 25.8 Å². The first-order chi connectivity index (χ1) is 14.8. The van der Waals surface area contributed by atoms with E-state index in [0.29, 0.717) is 12.3 Å². The summed E-state index contributed by atoms with van der Waals surface area (Å²) in [5.41, 5.74) is 0.873. The van der Waals surface area contributed by atoms with E-state index in [-0.39, 0.29) is 27.0 Å². The first-order valence-corrected chi connectivity index (χ1v) is 10.8. The maximum Gasteiger partial charge on any atom is 0.268 e. The van der Waals surface area contributed by atoms with E-state index in [1.807, 2.05) is 4.72 Å². The van der Waals surface area contributed by atoms with Crippen LogP contribution in [-0.4, -0.2) is 45.4 Å². The summed E-state index contributed by atoms with van der Waals surface area (Å²) in [7, 11) is -0.138. The van der Waals surface area contributed by atoms with Gasteiger partial charge >= 0.3 is 0 Å². The number of ether oxygens (including phenoxy) is 3. The molecule has 164 valence electrons. The number of aromatic nitrogens is 2. The SMILES string of the molecule is COc1cc(OC)c(S(=O)(=O)NC(=O)c2ccc(Cn3cccn3)c(OC)c2)cc1Cl. The van der Waals surface area contributed by atoms with E-state index in [0.717, 1.165) is 11.6 Å². The highest BCUT2D eigenvalue weighted by atomic mass is 35.5. The van der Waals surface area contributed by atoms with Crippen LogP contribution in [0.4, 0.5) is 0 Å². The van der Waals surface area contributed by atoms with Crippen molar-refractivity contribution in [2.24, 2.45) is 0 Å². The number of carbonyl (C=O) groups excluding carboxylic acids is 1. The highest BCUT2D eigenvalue weighted by molar-refractivity contribution is 7.90. The smallest absolute Gasteiger partial charge is 0.268 e. The molecule has 1 N–H and O–H groups in total. The fourth-order valence-corrected chi connectivity index (χ4v) is 4.32. The summed E-state index contributed by atoms with van der Waals surface area (Å²) in [4.78, 5) is 12.4. The van der Waals surface area contributed by atoms with Crippen LogP contribution in [0.15, 0.2) is 53.7 Å². The van der Waals surface area contributed by atoms with Crippen LogP contribution in [0.3, 0.4) is 0 Å². The van der Waals surface area contributed by atoms with E-state index < -0.39 is 15.9 Å². The molecular formula is C20H20ClN3O6S. The van der Waals surface area contributed by atoms with E-state index >= 15 is 0 Å². The zero-order valence-corrected chi connectivity index (χ0v) is 18.5. The standard InChI is InChI=1S/C20H20ClN3O6S/c1-28-16-9-13(5-6-14(16)12-24-8-4-7-22-24)20(25)23-31(26,27)19-10-15(21)17(29-2)11-18(19)30-3/h4-11H,12H2,1-3H3,(H,23,25). The van der Waals surface area contributed by atoms with Crippen molar-refractivity contribution in [3.8, 4) is 17.2 Å². The molecule has 1 amide bonds. The van der Waals surface area contributed by atoms with Gasteiger partial charge < -0.3 is 14.2 Å². The molecule has 3 aromatic rings. The lowest BCUT2D eigenvalue weighted by molar-refractivity contribution is 0.0981. The molecule has 0 aliphatic carbocycles. The summed E-state index contributed by atoms with van der Waals surface area (Å²) < 4.78 is 44.9. The number of sulfonamides is 1. The first kappa shape index (κ1) is 22.4. The Bertz CT molecular complexity index is 1200. The van der Waals surface area contributed by atoms with Crippen molar-refractivity contribution in [2.45, 2.75) is 11.4 Å². The van der Waals surface area contributed by atoms with Crippen molar-refractivity contribution in [2.75, 3.05) is 21.3 Å². The number of benzene rings is 2. The lowest BCUT2D eigenvalue weighted by Gasteiger charge is -2.14. The van der Waals surface area contributed by atoms with Crippen LogP contribution in [0.1, 0.15) is 15.9 Å². The summed E-state index contributed by atoms with van der Waals surface area (Å²) in [6, 6.07) is 8.91. The Hall–Kier alpha value is -3.24. The van der Waals surface area contributed by atoms with E-state index in [1.165, 1.54) is 39.5 Å². The molecule has 0 aliphatic rings. The Morgan fingerprint density at radius 1 is 1.06 bits per heavy atom. The molecule has 0 saturated heterocycles. The second-order valence-electron chi connectivity index (χ2n) is 6.30. The van der Waals surface area contributed by atoms with Crippen molar-refractivity contribution in [3.63, 3.8) is 0 Å². The summed E-state index contributed by atoms with van der Waals surface area (Å²) in [6.45, 7) is 0.428. The van der Waals surface area contributed by atoms with Crippen molar-refractivity contribution >= 4 is 27.5 Å². The number of rotatable bonds is 8. The predicted octanol–water partition coefficient (Wildman–Crippen LogP) is 2.73. The molecule has 11 heteroatoms. The fraction of sp³-hybridized carbons (Fsp3) is 0.200. The molecule has 0 bridgehead atoms. The highest BCUT2D eigenvalue weighted by Gasteiger charge is 2.25. The molecule has 0 saturated carbocycles. The van der Waals surface area contributed by atoms with Gasteiger partial charge in [-0.25, -0.2) is 13.1 Å². The van der Waals surface area contributed by atoms with Crippen LogP contribution < -0.4 is 18.9 Å². The average Bonchev–Trinajstić information content (AvgIpc) is 3.26. The molecule has 1 heterocycles. The van der Waals surface area contributed by atoms with Gasteiger partial charge in [0.05, 0.1) is 32.9 Å². The van der Waals surface area contributed by atoms with Gasteiger partial charge in [-0.2, -0.15) is 5.10 Å². The van der Waals surface area contributed by atoms with Crippen LogP contribution >= 0.6 is 11.6 Å². The summed E-state index contributed by atoms with van der Waals surface area (Å²) in [5.74, 6) is -0.196. The van der Waals surface area contributed by atoms with Gasteiger partial charge in [-0.1, -0.05) is 17.7 Å². The molecule has 31 heavy (non-hydrogen) atoms. The van der Waals surface area contributed by atoms with Gasteiger partial charge in [0, 0.05) is 29.6 Å². The molecular weight excluding hydrogens is 446 g/mol. The topological polar surface area (TPSA) is 109 Å². The number of methoxy groups -OCH3 is 3.